The van der Waals surface area contributed by atoms with Gasteiger partial charge in [0.15, 0.2) is 0 Å². The fourth-order valence-electron chi connectivity index (χ4n) is 6.93. The van der Waals surface area contributed by atoms with Gasteiger partial charge in [0, 0.05) is 36.8 Å². The van der Waals surface area contributed by atoms with Crippen LogP contribution in [0.15, 0.2) is 42.5 Å². The first kappa shape index (κ1) is 37.5. The van der Waals surface area contributed by atoms with Gasteiger partial charge in [-0.15, -0.1) is 0 Å². The minimum absolute atomic E-state index is 0.174. The van der Waals surface area contributed by atoms with E-state index in [4.69, 9.17) is 25.8 Å². The SMILES string of the molecule is COC(=O)NCCOC(c1cccc(Cl)c1)c1cc(C(=O)NC(CC2CCCCC2)CN(C)C(=O)OC(C)(C)C)cc(C2CCCC2)c1. The van der Waals surface area contributed by atoms with Crippen LogP contribution in [0.1, 0.15) is 124 Å². The van der Waals surface area contributed by atoms with E-state index in [1.54, 1.807) is 11.9 Å². The lowest BCUT2D eigenvalue weighted by Gasteiger charge is -2.31. The number of likely N-dealkylation sites (N-methyl/N-ethyl adjacent to an activating group) is 1. The molecule has 264 valence electrons. The highest BCUT2D eigenvalue weighted by Crippen LogP contribution is 2.37. The minimum atomic E-state index is -0.610. The summed E-state index contributed by atoms with van der Waals surface area (Å²) < 4.78 is 16.7. The monoisotopic (exact) mass is 683 g/mol. The molecular weight excluding hydrogens is 630 g/mol. The van der Waals surface area contributed by atoms with Crippen molar-refractivity contribution in [1.29, 1.82) is 0 Å². The molecule has 2 aliphatic rings. The van der Waals surface area contributed by atoms with E-state index in [0.29, 0.717) is 29.0 Å². The van der Waals surface area contributed by atoms with Crippen LogP contribution in [0.3, 0.4) is 0 Å². The lowest BCUT2D eigenvalue weighted by Crippen LogP contribution is -2.46. The number of carbonyl (C=O) groups excluding carboxylic acids is 3. The number of alkyl carbamates (subject to hydrolysis) is 1. The van der Waals surface area contributed by atoms with Gasteiger partial charge >= 0.3 is 12.2 Å². The van der Waals surface area contributed by atoms with Crippen LogP contribution in [-0.4, -0.2) is 68.5 Å². The lowest BCUT2D eigenvalue weighted by atomic mass is 9.84. The molecule has 3 amide bonds. The second kappa shape index (κ2) is 17.9. The number of nitrogens with zero attached hydrogens (tertiary/aromatic N) is 1. The van der Waals surface area contributed by atoms with E-state index < -0.39 is 23.9 Å². The smallest absolute Gasteiger partial charge is 0.410 e. The number of carbonyl (C=O) groups is 3. The maximum Gasteiger partial charge on any atom is 0.410 e. The van der Waals surface area contributed by atoms with Crippen molar-refractivity contribution >= 4 is 29.7 Å². The molecule has 10 heteroatoms. The van der Waals surface area contributed by atoms with Crippen molar-refractivity contribution in [2.45, 2.75) is 109 Å². The zero-order valence-electron chi connectivity index (χ0n) is 29.3. The van der Waals surface area contributed by atoms with Crippen LogP contribution in [0.25, 0.3) is 0 Å². The Morgan fingerprint density at radius 3 is 2.33 bits per heavy atom. The normalized spacial score (nSPS) is 17.0. The predicted molar refractivity (Wildman–Crippen MR) is 189 cm³/mol. The molecule has 0 aromatic heterocycles. The Labute approximate surface area is 291 Å². The van der Waals surface area contributed by atoms with E-state index in [-0.39, 0.29) is 25.1 Å². The fourth-order valence-corrected chi connectivity index (χ4v) is 7.13. The molecule has 9 nitrogen and oxygen atoms in total. The minimum Gasteiger partial charge on any atom is -0.453 e. The molecule has 0 bridgehead atoms. The molecule has 0 aliphatic heterocycles. The van der Waals surface area contributed by atoms with Gasteiger partial charge in [-0.3, -0.25) is 4.79 Å². The van der Waals surface area contributed by atoms with Gasteiger partial charge in [-0.05, 0) is 92.8 Å². The van der Waals surface area contributed by atoms with Gasteiger partial charge in [0.25, 0.3) is 5.91 Å². The first-order valence-electron chi connectivity index (χ1n) is 17.5. The number of nitrogens with one attached hydrogen (secondary N) is 2. The first-order valence-corrected chi connectivity index (χ1v) is 17.9. The summed E-state index contributed by atoms with van der Waals surface area (Å²) in [6.45, 7) is 6.39. The Morgan fingerprint density at radius 2 is 1.67 bits per heavy atom. The third kappa shape index (κ3) is 11.7. The number of rotatable bonds is 13. The van der Waals surface area contributed by atoms with Crippen molar-refractivity contribution in [2.24, 2.45) is 5.92 Å². The van der Waals surface area contributed by atoms with Crippen LogP contribution in [0, 0.1) is 5.92 Å². The third-order valence-corrected chi connectivity index (χ3v) is 9.47. The lowest BCUT2D eigenvalue weighted by molar-refractivity contribution is 0.0274. The molecule has 0 saturated heterocycles. The van der Waals surface area contributed by atoms with Gasteiger partial charge in [-0.2, -0.15) is 0 Å². The number of benzene rings is 2. The third-order valence-electron chi connectivity index (χ3n) is 9.24. The fraction of sp³-hybridized carbons (Fsp3) is 0.605. The topological polar surface area (TPSA) is 106 Å². The number of methoxy groups -OCH3 is 1. The van der Waals surface area contributed by atoms with E-state index in [1.165, 1.54) is 26.4 Å². The molecule has 2 aromatic carbocycles. The summed E-state index contributed by atoms with van der Waals surface area (Å²) in [6, 6.07) is 13.4. The van der Waals surface area contributed by atoms with Crippen LogP contribution in [-0.2, 0) is 14.2 Å². The number of hydrogen-bond acceptors (Lipinski definition) is 6. The van der Waals surface area contributed by atoms with Crippen LogP contribution in [0.5, 0.6) is 0 Å². The summed E-state index contributed by atoms with van der Waals surface area (Å²) in [5.41, 5.74) is 2.77. The Kier molecular flexibility index (Phi) is 14.0. The van der Waals surface area contributed by atoms with Gasteiger partial charge in [0.05, 0.1) is 13.7 Å². The van der Waals surface area contributed by atoms with E-state index >= 15 is 0 Å². The van der Waals surface area contributed by atoms with Gasteiger partial charge in [0.2, 0.25) is 0 Å². The quantitative estimate of drug-likeness (QED) is 0.206. The van der Waals surface area contributed by atoms with E-state index in [2.05, 4.69) is 16.7 Å². The largest absolute Gasteiger partial charge is 0.453 e. The number of ether oxygens (including phenoxy) is 3. The van der Waals surface area contributed by atoms with Gasteiger partial charge in [-0.1, -0.05) is 74.7 Å². The van der Waals surface area contributed by atoms with Crippen molar-refractivity contribution in [2.75, 3.05) is 33.9 Å². The van der Waals surface area contributed by atoms with Crippen molar-refractivity contribution in [1.82, 2.24) is 15.5 Å². The molecule has 4 rings (SSSR count). The Balaban J connectivity index is 1.63. The Hall–Kier alpha value is -3.30. The summed E-state index contributed by atoms with van der Waals surface area (Å²) in [5, 5.41) is 6.57. The van der Waals surface area contributed by atoms with Gasteiger partial charge in [0.1, 0.15) is 11.7 Å². The number of halogens is 1. The summed E-state index contributed by atoms with van der Waals surface area (Å²) in [6.07, 6.45) is 9.70. The van der Waals surface area contributed by atoms with Crippen molar-refractivity contribution in [3.8, 4) is 0 Å². The zero-order valence-corrected chi connectivity index (χ0v) is 30.1. The average molecular weight is 684 g/mol. The van der Waals surface area contributed by atoms with E-state index in [9.17, 15) is 14.4 Å². The number of hydrogen-bond donors (Lipinski definition) is 2. The van der Waals surface area contributed by atoms with Crippen LogP contribution >= 0.6 is 11.6 Å². The highest BCUT2D eigenvalue weighted by Gasteiger charge is 2.28. The summed E-state index contributed by atoms with van der Waals surface area (Å²) in [7, 11) is 3.05. The van der Waals surface area contributed by atoms with E-state index in [1.807, 2.05) is 57.2 Å². The second-order valence-corrected chi connectivity index (χ2v) is 14.8. The van der Waals surface area contributed by atoms with Crippen molar-refractivity contribution in [3.63, 3.8) is 0 Å². The molecule has 2 N–H and O–H groups in total. The molecule has 2 aromatic rings. The molecule has 0 spiro atoms. The summed E-state index contributed by atoms with van der Waals surface area (Å²) in [4.78, 5) is 40.3. The highest BCUT2D eigenvalue weighted by molar-refractivity contribution is 6.30. The van der Waals surface area contributed by atoms with Crippen LogP contribution in [0.2, 0.25) is 5.02 Å². The highest BCUT2D eigenvalue weighted by atomic mass is 35.5. The molecular formula is C38H54ClN3O6. The molecule has 0 heterocycles. The van der Waals surface area contributed by atoms with Crippen LogP contribution < -0.4 is 10.6 Å². The summed E-state index contributed by atoms with van der Waals surface area (Å²) >= 11 is 6.42. The Morgan fingerprint density at radius 1 is 0.958 bits per heavy atom. The van der Waals surface area contributed by atoms with Crippen LogP contribution in [0.4, 0.5) is 9.59 Å². The predicted octanol–water partition coefficient (Wildman–Crippen LogP) is 8.40. The zero-order chi connectivity index (χ0) is 34.7. The average Bonchev–Trinajstić information content (AvgIpc) is 3.59. The Bertz CT molecular complexity index is 1370. The molecule has 2 fully saturated rings. The maximum absolute atomic E-state index is 14.2. The molecule has 2 atom stereocenters. The summed E-state index contributed by atoms with van der Waals surface area (Å²) in [5.74, 6) is 0.677. The molecule has 0 radical (unpaired) electrons. The second-order valence-electron chi connectivity index (χ2n) is 14.4. The standard InChI is InChI=1S/C38H54ClN3O6/c1-38(2,3)48-37(45)42(4)25-33(20-26-12-7-6-8-13-26)41-35(43)31-22-29(27-14-9-10-15-27)21-30(23-31)34(28-16-11-17-32(39)24-28)47-19-18-40-36(44)46-5/h11,16-17,21-24,26-27,33-34H,6-10,12-15,18-20,25H2,1-5H3,(H,40,44)(H,41,43). The first-order chi connectivity index (χ1) is 22.9. The van der Waals surface area contributed by atoms with Gasteiger partial charge < -0.3 is 29.7 Å². The van der Waals surface area contributed by atoms with Gasteiger partial charge in [-0.25, -0.2) is 9.59 Å². The van der Waals surface area contributed by atoms with Crippen molar-refractivity contribution < 1.29 is 28.6 Å². The maximum atomic E-state index is 14.2. The number of amides is 3. The molecule has 2 unspecified atom stereocenters. The van der Waals surface area contributed by atoms with Crippen molar-refractivity contribution in [3.05, 3.63) is 69.7 Å². The molecule has 2 aliphatic carbocycles. The molecule has 48 heavy (non-hydrogen) atoms. The molecule has 2 saturated carbocycles. The van der Waals surface area contributed by atoms with E-state index in [0.717, 1.165) is 61.6 Å².